The molecule has 1 unspecified atom stereocenters. The number of rotatable bonds is 2. The maximum atomic E-state index is 12.3. The van der Waals surface area contributed by atoms with Gasteiger partial charge in [0.2, 0.25) is 3.49 Å². The Bertz CT molecular complexity index is 88.8. The average molecular weight is 335 g/mol. The Labute approximate surface area is 75.6 Å². The van der Waals surface area contributed by atoms with Crippen molar-refractivity contribution in [2.75, 3.05) is 0 Å². The Hall–Kier alpha value is 1.23. The van der Waals surface area contributed by atoms with Gasteiger partial charge in [-0.15, -0.1) is 0 Å². The van der Waals surface area contributed by atoms with E-state index in [1.54, 1.807) is 0 Å². The van der Waals surface area contributed by atoms with Gasteiger partial charge in [-0.2, -0.15) is 0 Å². The second-order valence-corrected chi connectivity index (χ2v) is 5.64. The first kappa shape index (κ1) is 10.2. The van der Waals surface area contributed by atoms with Crippen molar-refractivity contribution in [2.24, 2.45) is 0 Å². The quantitative estimate of drug-likeness (QED) is 0.679. The third-order valence-corrected chi connectivity index (χ3v) is 3.78. The smallest absolute Gasteiger partial charge is 0.217 e. The third kappa shape index (κ3) is 3.83. The average Bonchev–Trinajstić information content (AvgIpc) is 1.62. The number of hydrogen-bond acceptors (Lipinski definition) is 0. The van der Waals surface area contributed by atoms with Gasteiger partial charge in [0.1, 0.15) is 4.83 Å². The van der Waals surface area contributed by atoms with Crippen LogP contribution in [0.4, 0.5) is 13.2 Å². The zero-order valence-corrected chi connectivity index (χ0v) is 8.68. The van der Waals surface area contributed by atoms with Gasteiger partial charge in [-0.1, -0.05) is 15.9 Å². The van der Waals surface area contributed by atoms with Crippen LogP contribution in [0.5, 0.6) is 0 Å². The van der Waals surface area contributed by atoms with Crippen LogP contribution in [0.15, 0.2) is 0 Å². The van der Waals surface area contributed by atoms with Crippen molar-refractivity contribution in [1.82, 2.24) is 0 Å². The van der Waals surface area contributed by atoms with E-state index in [-0.39, 0.29) is 0 Å². The maximum absolute atomic E-state index is 12.3. The van der Waals surface area contributed by atoms with Crippen LogP contribution in [0.25, 0.3) is 0 Å². The van der Waals surface area contributed by atoms with Crippen LogP contribution in [-0.4, -0.2) is 14.7 Å². The highest BCUT2D eigenvalue weighted by atomic mass is 79.9. The fraction of sp³-hybridized carbons (Fsp3) is 1.00. The van der Waals surface area contributed by atoms with Gasteiger partial charge in [-0.05, 0) is 31.9 Å². The summed E-state index contributed by atoms with van der Waals surface area (Å²) in [5.74, 6) is 0. The molecular formula is C3H2Br3F3. The van der Waals surface area contributed by atoms with Crippen molar-refractivity contribution in [3.05, 3.63) is 0 Å². The van der Waals surface area contributed by atoms with Gasteiger partial charge in [0.05, 0.1) is 0 Å². The highest BCUT2D eigenvalue weighted by Gasteiger charge is 2.38. The van der Waals surface area contributed by atoms with Crippen molar-refractivity contribution in [2.45, 2.75) is 14.7 Å². The van der Waals surface area contributed by atoms with Gasteiger partial charge in [-0.3, -0.25) is 0 Å². The predicted octanol–water partition coefficient (Wildman–Crippen LogP) is 3.43. The van der Waals surface area contributed by atoms with E-state index in [1.165, 1.54) is 0 Å². The molecule has 0 rings (SSSR count). The van der Waals surface area contributed by atoms with E-state index in [0.29, 0.717) is 0 Å². The van der Waals surface area contributed by atoms with Crippen molar-refractivity contribution in [3.8, 4) is 0 Å². The van der Waals surface area contributed by atoms with E-state index < -0.39 is 14.7 Å². The molecule has 0 aromatic rings. The number of hydrogen-bond donors (Lipinski definition) is 0. The first-order valence-corrected chi connectivity index (χ1v) is 4.35. The van der Waals surface area contributed by atoms with Crippen LogP contribution in [0, 0.1) is 0 Å². The van der Waals surface area contributed by atoms with Crippen molar-refractivity contribution in [1.29, 1.82) is 0 Å². The summed E-state index contributed by atoms with van der Waals surface area (Å²) in [6, 6.07) is 0. The molecule has 56 valence electrons. The molecule has 0 radical (unpaired) electrons. The van der Waals surface area contributed by atoms with Crippen molar-refractivity contribution < 1.29 is 13.2 Å². The fourth-order valence-electron chi connectivity index (χ4n) is 0.143. The molecule has 0 fully saturated rings. The topological polar surface area (TPSA) is 0 Å². The minimum absolute atomic E-state index is 1.54. The first-order valence-electron chi connectivity index (χ1n) is 1.84. The Balaban J connectivity index is 3.88. The lowest BCUT2D eigenvalue weighted by atomic mass is 10.5. The fourth-order valence-corrected chi connectivity index (χ4v) is 0.542. The van der Waals surface area contributed by atoms with Gasteiger partial charge < -0.3 is 0 Å². The van der Waals surface area contributed by atoms with Crippen LogP contribution >= 0.6 is 47.8 Å². The molecule has 0 aliphatic heterocycles. The Morgan fingerprint density at radius 2 is 1.56 bits per heavy atom. The molecular weight excluding hydrogens is 333 g/mol. The molecule has 0 saturated carbocycles. The lowest BCUT2D eigenvalue weighted by Gasteiger charge is -2.15. The first-order chi connectivity index (χ1) is 3.85. The summed E-state index contributed by atoms with van der Waals surface area (Å²) in [6.45, 7) is 0. The summed E-state index contributed by atoms with van der Waals surface area (Å²) >= 11 is 7.18. The molecule has 9 heavy (non-hydrogen) atoms. The minimum Gasteiger partial charge on any atom is -0.217 e. The molecule has 0 nitrogen and oxygen atoms in total. The van der Waals surface area contributed by atoms with Gasteiger partial charge in [0.15, 0.2) is 0 Å². The van der Waals surface area contributed by atoms with E-state index in [1.807, 2.05) is 0 Å². The summed E-state index contributed by atoms with van der Waals surface area (Å²) in [5, 5.41) is 0. The molecule has 0 aliphatic rings. The lowest BCUT2D eigenvalue weighted by molar-refractivity contribution is 0.127. The summed E-state index contributed by atoms with van der Waals surface area (Å²) in [4.78, 5) is -1.54. The monoisotopic (exact) mass is 332 g/mol. The number of alkyl halides is 6. The molecule has 0 spiro atoms. The van der Waals surface area contributed by atoms with Gasteiger partial charge in [0, 0.05) is 0 Å². The van der Waals surface area contributed by atoms with E-state index >= 15 is 0 Å². The largest absolute Gasteiger partial charge is 0.255 e. The normalized spacial score (nSPS) is 16.3. The van der Waals surface area contributed by atoms with Crippen LogP contribution < -0.4 is 0 Å². The molecule has 0 saturated heterocycles. The SMILES string of the molecule is FC(F)C(Br)C(F)(Br)Br. The molecule has 0 aliphatic carbocycles. The van der Waals surface area contributed by atoms with E-state index in [0.717, 1.165) is 0 Å². The van der Waals surface area contributed by atoms with E-state index in [4.69, 9.17) is 0 Å². The molecule has 6 heteroatoms. The standard InChI is InChI=1S/C3H2Br3F3/c4-1(2(7)8)3(5,6)9/h1-2H. The molecule has 0 N–H and O–H groups in total. The Kier molecular flexibility index (Phi) is 4.06. The van der Waals surface area contributed by atoms with Gasteiger partial charge >= 0.3 is 0 Å². The van der Waals surface area contributed by atoms with Gasteiger partial charge in [0.25, 0.3) is 6.43 Å². The zero-order chi connectivity index (χ0) is 7.65. The molecule has 0 aromatic carbocycles. The molecule has 0 bridgehead atoms. The zero-order valence-electron chi connectivity index (χ0n) is 3.92. The summed E-state index contributed by atoms with van der Waals surface area (Å²) in [6.07, 6.45) is -2.74. The van der Waals surface area contributed by atoms with Crippen LogP contribution in [0.1, 0.15) is 0 Å². The number of halogens is 6. The molecule has 1 atom stereocenters. The third-order valence-electron chi connectivity index (χ3n) is 0.534. The van der Waals surface area contributed by atoms with E-state index in [9.17, 15) is 13.2 Å². The Morgan fingerprint density at radius 3 is 1.56 bits per heavy atom. The highest BCUT2D eigenvalue weighted by molar-refractivity contribution is 9.26. The van der Waals surface area contributed by atoms with Crippen LogP contribution in [0.3, 0.4) is 0 Å². The highest BCUT2D eigenvalue weighted by Crippen LogP contribution is 2.38. The van der Waals surface area contributed by atoms with Crippen LogP contribution in [0.2, 0.25) is 0 Å². The molecule has 0 amide bonds. The summed E-state index contributed by atoms with van der Waals surface area (Å²) in [7, 11) is 0. The van der Waals surface area contributed by atoms with Crippen molar-refractivity contribution >= 4 is 47.8 Å². The minimum atomic E-state index is -2.74. The second kappa shape index (κ2) is 3.57. The Morgan fingerprint density at radius 1 is 1.22 bits per heavy atom. The van der Waals surface area contributed by atoms with Gasteiger partial charge in [-0.25, -0.2) is 13.2 Å². The molecule has 0 aromatic heterocycles. The predicted molar refractivity (Wildman–Crippen MR) is 40.4 cm³/mol. The van der Waals surface area contributed by atoms with E-state index in [2.05, 4.69) is 47.8 Å². The second-order valence-electron chi connectivity index (χ2n) is 1.28. The lowest BCUT2D eigenvalue weighted by Crippen LogP contribution is -2.26. The van der Waals surface area contributed by atoms with Crippen LogP contribution in [-0.2, 0) is 0 Å². The molecule has 0 heterocycles. The summed E-state index contributed by atoms with van der Waals surface area (Å²) in [5.41, 5.74) is 0. The summed E-state index contributed by atoms with van der Waals surface area (Å²) < 4.78 is 33.3. The maximum Gasteiger partial charge on any atom is 0.255 e. The van der Waals surface area contributed by atoms with Crippen molar-refractivity contribution in [3.63, 3.8) is 0 Å².